The van der Waals surface area contributed by atoms with Crippen molar-refractivity contribution in [1.82, 2.24) is 0 Å². The number of ketones is 1. The Hall–Kier alpha value is -3.59. The number of methoxy groups -OCH3 is 1. The van der Waals surface area contributed by atoms with E-state index in [4.69, 9.17) is 10.5 Å². The predicted octanol–water partition coefficient (Wildman–Crippen LogP) is 4.78. The minimum absolute atomic E-state index is 0.0145. The molecule has 6 heteroatoms. The number of Topliss-reactive ketones (excluding diaryl/α,β-unsaturated/α-hetero) is 1. The normalized spacial score (nSPS) is 20.4. The monoisotopic (exact) mass is 417 g/mol. The van der Waals surface area contributed by atoms with Crippen LogP contribution >= 0.6 is 0 Å². The van der Waals surface area contributed by atoms with E-state index in [0.29, 0.717) is 29.7 Å². The van der Waals surface area contributed by atoms with Gasteiger partial charge >= 0.3 is 0 Å². The van der Waals surface area contributed by atoms with Gasteiger partial charge in [0.1, 0.15) is 17.4 Å². The van der Waals surface area contributed by atoms with Crippen LogP contribution in [0.15, 0.2) is 71.2 Å². The standard InChI is InChI=1S/C25H24FN3O2/c1-25(2)12-20-23(21(30)13-25)22(15-4-6-16(26)7-5-15)19(14-27)24(28)29(20)17-8-10-18(31-3)11-9-17/h4-11,22H,12-13,28H2,1-3H3/t22-/m1/s1. The van der Waals surface area contributed by atoms with Crippen LogP contribution in [0.5, 0.6) is 5.75 Å². The molecule has 0 aromatic heterocycles. The lowest BCUT2D eigenvalue weighted by Gasteiger charge is -2.43. The van der Waals surface area contributed by atoms with E-state index in [2.05, 4.69) is 6.07 Å². The molecular weight excluding hydrogens is 393 g/mol. The van der Waals surface area contributed by atoms with Crippen LogP contribution < -0.4 is 15.4 Å². The van der Waals surface area contributed by atoms with Gasteiger partial charge < -0.3 is 10.5 Å². The minimum Gasteiger partial charge on any atom is -0.497 e. The van der Waals surface area contributed by atoms with Gasteiger partial charge in [-0.1, -0.05) is 26.0 Å². The van der Waals surface area contributed by atoms with Crippen molar-refractivity contribution in [1.29, 1.82) is 5.26 Å². The fourth-order valence-electron chi connectivity index (χ4n) is 4.52. The Balaban J connectivity index is 1.96. The molecule has 5 nitrogen and oxygen atoms in total. The lowest BCUT2D eigenvalue weighted by atomic mass is 9.68. The third-order valence-corrected chi connectivity index (χ3v) is 5.91. The summed E-state index contributed by atoms with van der Waals surface area (Å²) in [4.78, 5) is 15.2. The quantitative estimate of drug-likeness (QED) is 0.778. The number of halogens is 1. The van der Waals surface area contributed by atoms with Gasteiger partial charge in [-0.15, -0.1) is 0 Å². The number of benzene rings is 2. The Morgan fingerprint density at radius 1 is 1.13 bits per heavy atom. The average Bonchev–Trinajstić information content (AvgIpc) is 2.73. The summed E-state index contributed by atoms with van der Waals surface area (Å²) >= 11 is 0. The SMILES string of the molecule is COc1ccc(N2C(N)=C(C#N)[C@@H](c3ccc(F)cc3)C3=C2CC(C)(C)CC3=O)cc1. The topological polar surface area (TPSA) is 79.3 Å². The minimum atomic E-state index is -0.612. The fraction of sp³-hybridized carbons (Fsp3) is 0.280. The maximum absolute atomic E-state index is 13.6. The smallest absolute Gasteiger partial charge is 0.162 e. The first-order valence-corrected chi connectivity index (χ1v) is 10.1. The molecule has 2 aromatic rings. The van der Waals surface area contributed by atoms with E-state index in [9.17, 15) is 14.4 Å². The molecule has 0 unspecified atom stereocenters. The Morgan fingerprint density at radius 3 is 2.35 bits per heavy atom. The molecule has 1 aliphatic carbocycles. The highest BCUT2D eigenvalue weighted by Crippen LogP contribution is 2.50. The molecule has 0 amide bonds. The molecule has 0 spiro atoms. The van der Waals surface area contributed by atoms with Crippen LogP contribution in [0.3, 0.4) is 0 Å². The van der Waals surface area contributed by atoms with E-state index in [0.717, 1.165) is 11.4 Å². The van der Waals surface area contributed by atoms with Crippen molar-refractivity contribution in [2.24, 2.45) is 11.1 Å². The van der Waals surface area contributed by atoms with E-state index in [1.807, 2.05) is 43.0 Å². The molecule has 31 heavy (non-hydrogen) atoms. The highest BCUT2D eigenvalue weighted by molar-refractivity contribution is 6.01. The van der Waals surface area contributed by atoms with Gasteiger partial charge in [-0.25, -0.2) is 4.39 Å². The first-order chi connectivity index (χ1) is 14.8. The molecule has 4 rings (SSSR count). The lowest BCUT2D eigenvalue weighted by Crippen LogP contribution is -2.42. The fourth-order valence-corrected chi connectivity index (χ4v) is 4.52. The van der Waals surface area contributed by atoms with E-state index in [1.54, 1.807) is 19.2 Å². The predicted molar refractivity (Wildman–Crippen MR) is 116 cm³/mol. The van der Waals surface area contributed by atoms with Crippen LogP contribution in [0.2, 0.25) is 0 Å². The largest absolute Gasteiger partial charge is 0.497 e. The summed E-state index contributed by atoms with van der Waals surface area (Å²) in [5.74, 6) is -0.0216. The number of hydrogen-bond donors (Lipinski definition) is 1. The number of carbonyl (C=O) groups is 1. The second-order valence-corrected chi connectivity index (χ2v) is 8.73. The van der Waals surface area contributed by atoms with E-state index in [1.165, 1.54) is 12.1 Å². The highest BCUT2D eigenvalue weighted by Gasteiger charge is 2.44. The molecule has 2 aliphatic rings. The van der Waals surface area contributed by atoms with Crippen molar-refractivity contribution in [3.63, 3.8) is 0 Å². The Bertz CT molecular complexity index is 1140. The molecular formula is C25H24FN3O2. The number of nitrogens with two attached hydrogens (primary N) is 1. The highest BCUT2D eigenvalue weighted by atomic mass is 19.1. The van der Waals surface area contributed by atoms with Gasteiger partial charge in [-0.2, -0.15) is 5.26 Å². The number of nitrogens with zero attached hydrogens (tertiary/aromatic N) is 2. The zero-order valence-electron chi connectivity index (χ0n) is 17.8. The zero-order valence-corrected chi connectivity index (χ0v) is 17.8. The Kier molecular flexibility index (Phi) is 5.06. The number of hydrogen-bond acceptors (Lipinski definition) is 5. The number of allylic oxidation sites excluding steroid dienone is 3. The number of anilines is 1. The molecule has 0 saturated carbocycles. The maximum atomic E-state index is 13.6. The summed E-state index contributed by atoms with van der Waals surface area (Å²) in [5, 5.41) is 10.0. The molecule has 0 bridgehead atoms. The van der Waals surface area contributed by atoms with Crippen LogP contribution in [0, 0.1) is 22.6 Å². The molecule has 158 valence electrons. The van der Waals surface area contributed by atoms with Crippen molar-refractivity contribution in [2.75, 3.05) is 12.0 Å². The lowest BCUT2D eigenvalue weighted by molar-refractivity contribution is -0.118. The molecule has 0 saturated heterocycles. The van der Waals surface area contributed by atoms with Crippen LogP contribution in [0.1, 0.15) is 38.2 Å². The van der Waals surface area contributed by atoms with Gasteiger partial charge in [0.25, 0.3) is 0 Å². The third kappa shape index (κ3) is 3.57. The molecule has 1 aliphatic heterocycles. The average molecular weight is 417 g/mol. The van der Waals surface area contributed by atoms with Crippen LogP contribution in [-0.2, 0) is 4.79 Å². The second kappa shape index (κ2) is 7.59. The van der Waals surface area contributed by atoms with Gasteiger partial charge in [0.2, 0.25) is 0 Å². The number of carbonyl (C=O) groups excluding carboxylic acids is 1. The third-order valence-electron chi connectivity index (χ3n) is 5.91. The maximum Gasteiger partial charge on any atom is 0.162 e. The Morgan fingerprint density at radius 2 is 1.77 bits per heavy atom. The van der Waals surface area contributed by atoms with Gasteiger partial charge in [0, 0.05) is 23.4 Å². The zero-order chi connectivity index (χ0) is 22.3. The molecule has 0 fully saturated rings. The van der Waals surface area contributed by atoms with Crippen LogP contribution in [-0.4, -0.2) is 12.9 Å². The molecule has 1 heterocycles. The summed E-state index contributed by atoms with van der Waals surface area (Å²) in [6, 6.07) is 15.5. The first kappa shape index (κ1) is 20.7. The van der Waals surface area contributed by atoms with Crippen LogP contribution in [0.25, 0.3) is 0 Å². The van der Waals surface area contributed by atoms with Crippen molar-refractivity contribution >= 4 is 11.5 Å². The van der Waals surface area contributed by atoms with E-state index < -0.39 is 5.92 Å². The Labute approximate surface area is 181 Å². The summed E-state index contributed by atoms with van der Waals surface area (Å²) in [6.45, 7) is 4.10. The summed E-state index contributed by atoms with van der Waals surface area (Å²) in [5.41, 5.74) is 9.38. The van der Waals surface area contributed by atoms with Crippen molar-refractivity contribution in [2.45, 2.75) is 32.6 Å². The van der Waals surface area contributed by atoms with Crippen molar-refractivity contribution < 1.29 is 13.9 Å². The van der Waals surface area contributed by atoms with Gasteiger partial charge in [0.05, 0.1) is 24.7 Å². The van der Waals surface area contributed by atoms with Crippen LogP contribution in [0.4, 0.5) is 10.1 Å². The second-order valence-electron chi connectivity index (χ2n) is 8.73. The van der Waals surface area contributed by atoms with E-state index in [-0.39, 0.29) is 28.4 Å². The molecule has 2 N–H and O–H groups in total. The van der Waals surface area contributed by atoms with E-state index >= 15 is 0 Å². The summed E-state index contributed by atoms with van der Waals surface area (Å²) in [7, 11) is 1.59. The van der Waals surface area contributed by atoms with Crippen molar-refractivity contribution in [3.8, 4) is 11.8 Å². The summed E-state index contributed by atoms with van der Waals surface area (Å²) in [6.07, 6.45) is 0.996. The molecule has 2 aromatic carbocycles. The van der Waals surface area contributed by atoms with Gasteiger partial charge in [-0.05, 0) is 53.8 Å². The molecule has 0 radical (unpaired) electrons. The van der Waals surface area contributed by atoms with Gasteiger partial charge in [-0.3, -0.25) is 9.69 Å². The number of rotatable bonds is 3. The first-order valence-electron chi connectivity index (χ1n) is 10.1. The number of nitriles is 1. The molecule has 1 atom stereocenters. The van der Waals surface area contributed by atoms with Gasteiger partial charge in [0.15, 0.2) is 5.78 Å². The van der Waals surface area contributed by atoms with Crippen molar-refractivity contribution in [3.05, 3.63) is 82.6 Å². The summed E-state index contributed by atoms with van der Waals surface area (Å²) < 4.78 is 18.8. The number of ether oxygens (including phenoxy) is 1.